The Labute approximate surface area is 134 Å². The van der Waals surface area contributed by atoms with Gasteiger partial charge in [-0.25, -0.2) is 0 Å². The fraction of sp³-hybridized carbons (Fsp3) is 0.353. The van der Waals surface area contributed by atoms with E-state index in [2.05, 4.69) is 0 Å². The monoisotopic (exact) mass is 317 g/mol. The Kier molecular flexibility index (Phi) is 4.43. The second-order valence-electron chi connectivity index (χ2n) is 5.52. The molecule has 1 aliphatic rings. The van der Waals surface area contributed by atoms with E-state index in [0.29, 0.717) is 18.3 Å². The highest BCUT2D eigenvalue weighted by molar-refractivity contribution is 8.00. The van der Waals surface area contributed by atoms with Gasteiger partial charge in [0.2, 0.25) is 5.91 Å². The molecule has 0 bridgehead atoms. The SMILES string of the molecule is Cc1ccc(CN(C(=O)CSc2ccccc2O)C2CC2)o1. The van der Waals surface area contributed by atoms with Crippen molar-refractivity contribution < 1.29 is 14.3 Å². The summed E-state index contributed by atoms with van der Waals surface area (Å²) in [6.07, 6.45) is 2.12. The smallest absolute Gasteiger partial charge is 0.233 e. The van der Waals surface area contributed by atoms with Crippen molar-refractivity contribution in [1.29, 1.82) is 0 Å². The number of benzene rings is 1. The first-order chi connectivity index (χ1) is 10.6. The first kappa shape index (κ1) is 15.0. The molecular weight excluding hydrogens is 298 g/mol. The minimum absolute atomic E-state index is 0.0878. The predicted octanol–water partition coefficient (Wildman–Crippen LogP) is 3.58. The molecule has 2 aromatic rings. The molecule has 1 N–H and O–H groups in total. The van der Waals surface area contributed by atoms with Gasteiger partial charge < -0.3 is 14.4 Å². The lowest BCUT2D eigenvalue weighted by molar-refractivity contribution is -0.129. The van der Waals surface area contributed by atoms with Crippen molar-refractivity contribution in [3.8, 4) is 5.75 Å². The molecule has 1 saturated carbocycles. The summed E-state index contributed by atoms with van der Waals surface area (Å²) in [5, 5.41) is 9.76. The van der Waals surface area contributed by atoms with Crippen LogP contribution >= 0.6 is 11.8 Å². The number of aromatic hydroxyl groups is 1. The summed E-state index contributed by atoms with van der Waals surface area (Å²) in [5.74, 6) is 2.32. The van der Waals surface area contributed by atoms with Crippen LogP contribution in [0, 0.1) is 6.92 Å². The zero-order valence-corrected chi connectivity index (χ0v) is 13.3. The Morgan fingerprint density at radius 3 is 2.73 bits per heavy atom. The quantitative estimate of drug-likeness (QED) is 0.828. The average molecular weight is 317 g/mol. The number of phenolic OH excluding ortho intramolecular Hbond substituents is 1. The molecule has 0 spiro atoms. The number of carbonyl (C=O) groups excluding carboxylic acids is 1. The van der Waals surface area contributed by atoms with Gasteiger partial charge in [0.15, 0.2) is 0 Å². The highest BCUT2D eigenvalue weighted by Gasteiger charge is 2.33. The van der Waals surface area contributed by atoms with E-state index < -0.39 is 0 Å². The Morgan fingerprint density at radius 2 is 2.09 bits per heavy atom. The minimum atomic E-state index is 0.0878. The number of amides is 1. The number of aryl methyl sites for hydroxylation is 1. The lowest BCUT2D eigenvalue weighted by atomic mass is 10.3. The second kappa shape index (κ2) is 6.48. The van der Waals surface area contributed by atoms with Gasteiger partial charge in [0.1, 0.15) is 17.3 Å². The van der Waals surface area contributed by atoms with E-state index in [9.17, 15) is 9.90 Å². The van der Waals surface area contributed by atoms with E-state index in [1.807, 2.05) is 36.1 Å². The number of thioether (sulfide) groups is 1. The molecule has 0 radical (unpaired) electrons. The number of rotatable bonds is 6. The van der Waals surface area contributed by atoms with E-state index >= 15 is 0 Å². The van der Waals surface area contributed by atoms with Gasteiger partial charge >= 0.3 is 0 Å². The first-order valence-corrected chi connectivity index (χ1v) is 8.37. The second-order valence-corrected chi connectivity index (χ2v) is 6.54. The van der Waals surface area contributed by atoms with Crippen LogP contribution in [0.5, 0.6) is 5.75 Å². The average Bonchev–Trinajstić information content (AvgIpc) is 3.26. The summed E-state index contributed by atoms with van der Waals surface area (Å²) < 4.78 is 5.58. The Morgan fingerprint density at radius 1 is 1.32 bits per heavy atom. The molecule has 3 rings (SSSR count). The van der Waals surface area contributed by atoms with Crippen LogP contribution in [0.1, 0.15) is 24.4 Å². The van der Waals surface area contributed by atoms with Crippen LogP contribution in [0.15, 0.2) is 45.7 Å². The van der Waals surface area contributed by atoms with E-state index in [-0.39, 0.29) is 11.7 Å². The van der Waals surface area contributed by atoms with E-state index in [4.69, 9.17) is 4.42 Å². The molecule has 1 aliphatic carbocycles. The molecule has 0 aliphatic heterocycles. The minimum Gasteiger partial charge on any atom is -0.507 e. The zero-order valence-electron chi connectivity index (χ0n) is 12.5. The van der Waals surface area contributed by atoms with Crippen LogP contribution in [0.4, 0.5) is 0 Å². The number of furan rings is 1. The fourth-order valence-corrected chi connectivity index (χ4v) is 3.18. The van der Waals surface area contributed by atoms with Gasteiger partial charge in [-0.2, -0.15) is 0 Å². The highest BCUT2D eigenvalue weighted by Crippen LogP contribution is 2.32. The standard InChI is InChI=1S/C17H19NO3S/c1-12-6-9-14(21-12)10-18(13-7-8-13)17(20)11-22-16-5-3-2-4-15(16)19/h2-6,9,13,19H,7-8,10-11H2,1H3. The maximum absolute atomic E-state index is 12.5. The van der Waals surface area contributed by atoms with Crippen molar-refractivity contribution in [3.63, 3.8) is 0 Å². The van der Waals surface area contributed by atoms with Gasteiger partial charge in [-0.3, -0.25) is 4.79 Å². The van der Waals surface area contributed by atoms with Crippen LogP contribution in [0.25, 0.3) is 0 Å². The number of carbonyl (C=O) groups is 1. The van der Waals surface area contributed by atoms with Gasteiger partial charge in [-0.05, 0) is 44.0 Å². The molecule has 0 atom stereocenters. The largest absolute Gasteiger partial charge is 0.507 e. The van der Waals surface area contributed by atoms with Crippen LogP contribution in [-0.4, -0.2) is 27.7 Å². The van der Waals surface area contributed by atoms with E-state index in [0.717, 1.165) is 29.3 Å². The van der Waals surface area contributed by atoms with Gasteiger partial charge in [-0.15, -0.1) is 11.8 Å². The van der Waals surface area contributed by atoms with E-state index in [1.54, 1.807) is 12.1 Å². The summed E-state index contributed by atoms with van der Waals surface area (Å²) in [7, 11) is 0. The normalized spacial score (nSPS) is 14.0. The van der Waals surface area contributed by atoms with Crippen LogP contribution in [0.3, 0.4) is 0 Å². The topological polar surface area (TPSA) is 53.7 Å². The van der Waals surface area contributed by atoms with Crippen LogP contribution < -0.4 is 0 Å². The molecule has 4 nitrogen and oxygen atoms in total. The van der Waals surface area contributed by atoms with Crippen molar-refractivity contribution in [2.75, 3.05) is 5.75 Å². The fourth-order valence-electron chi connectivity index (χ4n) is 2.35. The van der Waals surface area contributed by atoms with Gasteiger partial charge in [0, 0.05) is 10.9 Å². The molecule has 1 aromatic carbocycles. The molecule has 1 aromatic heterocycles. The summed E-state index contributed by atoms with van der Waals surface area (Å²) >= 11 is 1.37. The predicted molar refractivity (Wildman–Crippen MR) is 85.8 cm³/mol. The molecule has 22 heavy (non-hydrogen) atoms. The number of phenols is 1. The number of para-hydroxylation sites is 1. The molecular formula is C17H19NO3S. The third kappa shape index (κ3) is 3.65. The lowest BCUT2D eigenvalue weighted by Gasteiger charge is -2.21. The third-order valence-electron chi connectivity index (χ3n) is 3.65. The maximum Gasteiger partial charge on any atom is 0.233 e. The van der Waals surface area contributed by atoms with Crippen molar-refractivity contribution in [1.82, 2.24) is 4.90 Å². The van der Waals surface area contributed by atoms with Gasteiger partial charge in [0.05, 0.1) is 12.3 Å². The molecule has 0 saturated heterocycles. The van der Waals surface area contributed by atoms with Crippen molar-refractivity contribution in [2.24, 2.45) is 0 Å². The highest BCUT2D eigenvalue weighted by atomic mass is 32.2. The molecule has 116 valence electrons. The first-order valence-electron chi connectivity index (χ1n) is 7.39. The Balaban J connectivity index is 1.62. The number of hydrogen-bond acceptors (Lipinski definition) is 4. The lowest BCUT2D eigenvalue weighted by Crippen LogP contribution is -2.33. The summed E-state index contributed by atoms with van der Waals surface area (Å²) in [5.41, 5.74) is 0. The van der Waals surface area contributed by atoms with Crippen LogP contribution in [0.2, 0.25) is 0 Å². The summed E-state index contributed by atoms with van der Waals surface area (Å²) in [6, 6.07) is 11.3. The van der Waals surface area contributed by atoms with Gasteiger partial charge in [-0.1, -0.05) is 12.1 Å². The molecule has 1 fully saturated rings. The van der Waals surface area contributed by atoms with Crippen molar-refractivity contribution >= 4 is 17.7 Å². The Hall–Kier alpha value is -1.88. The van der Waals surface area contributed by atoms with Gasteiger partial charge in [0.25, 0.3) is 0 Å². The van der Waals surface area contributed by atoms with Crippen molar-refractivity contribution in [3.05, 3.63) is 47.9 Å². The number of hydrogen-bond donors (Lipinski definition) is 1. The Bertz CT molecular complexity index is 663. The zero-order chi connectivity index (χ0) is 15.5. The molecule has 0 unspecified atom stereocenters. The molecule has 1 amide bonds. The number of nitrogens with zero attached hydrogens (tertiary/aromatic N) is 1. The summed E-state index contributed by atoms with van der Waals surface area (Å²) in [6.45, 7) is 2.43. The van der Waals surface area contributed by atoms with Crippen LogP contribution in [-0.2, 0) is 11.3 Å². The third-order valence-corrected chi connectivity index (χ3v) is 4.69. The van der Waals surface area contributed by atoms with E-state index in [1.165, 1.54) is 11.8 Å². The maximum atomic E-state index is 12.5. The molecule has 1 heterocycles. The summed E-state index contributed by atoms with van der Waals surface area (Å²) in [4.78, 5) is 15.1. The molecule has 5 heteroatoms. The van der Waals surface area contributed by atoms with Crippen molar-refractivity contribution in [2.45, 2.75) is 37.2 Å².